The lowest BCUT2D eigenvalue weighted by molar-refractivity contribution is 0.0827. The summed E-state index contributed by atoms with van der Waals surface area (Å²) < 4.78 is 0.927. The summed E-state index contributed by atoms with van der Waals surface area (Å²) in [5, 5.41) is 11.7. The zero-order valence-corrected chi connectivity index (χ0v) is 17.0. The largest absolute Gasteiger partial charge is 0.465 e. The summed E-state index contributed by atoms with van der Waals surface area (Å²) >= 11 is 2.93. The van der Waals surface area contributed by atoms with Crippen molar-refractivity contribution in [2.45, 2.75) is 15.6 Å². The number of aromatic nitrogens is 1. The van der Waals surface area contributed by atoms with Crippen LogP contribution in [0.15, 0.2) is 63.8 Å². The first kappa shape index (κ1) is 19.9. The molecule has 0 bridgehead atoms. The standard InChI is InChI=1S/C20H19N3O3S2/c1-23(2)19(24)15-8-14(13-6-4-3-5-7-13)9-16(10-15)27-18-12-21-17(28-18)11-22-20(25)26/h3-10,12,22H,11H2,1-2H3,(H,25,26). The van der Waals surface area contributed by atoms with Crippen LogP contribution in [0.2, 0.25) is 0 Å². The van der Waals surface area contributed by atoms with Crippen molar-refractivity contribution >= 4 is 35.1 Å². The van der Waals surface area contributed by atoms with Gasteiger partial charge in [0.1, 0.15) is 5.01 Å². The fourth-order valence-corrected chi connectivity index (χ4v) is 4.57. The highest BCUT2D eigenvalue weighted by molar-refractivity contribution is 8.01. The van der Waals surface area contributed by atoms with Gasteiger partial charge in [-0.05, 0) is 29.3 Å². The second-order valence-electron chi connectivity index (χ2n) is 6.15. The average Bonchev–Trinajstić information content (AvgIpc) is 3.13. The zero-order chi connectivity index (χ0) is 20.1. The molecule has 3 rings (SSSR count). The van der Waals surface area contributed by atoms with E-state index in [0.29, 0.717) is 10.6 Å². The van der Waals surface area contributed by atoms with Crippen molar-refractivity contribution in [1.82, 2.24) is 15.2 Å². The van der Waals surface area contributed by atoms with Crippen LogP contribution in [-0.2, 0) is 6.54 Å². The van der Waals surface area contributed by atoms with Gasteiger partial charge in [-0.3, -0.25) is 4.79 Å². The van der Waals surface area contributed by atoms with Gasteiger partial charge in [-0.15, -0.1) is 11.3 Å². The second kappa shape index (κ2) is 8.90. The van der Waals surface area contributed by atoms with Crippen molar-refractivity contribution in [3.8, 4) is 11.1 Å². The van der Waals surface area contributed by atoms with Gasteiger partial charge in [0.05, 0.1) is 17.0 Å². The highest BCUT2D eigenvalue weighted by Crippen LogP contribution is 2.35. The minimum absolute atomic E-state index is 0.0599. The summed E-state index contributed by atoms with van der Waals surface area (Å²) in [6.45, 7) is 0.176. The van der Waals surface area contributed by atoms with Gasteiger partial charge in [0.15, 0.2) is 0 Å². The molecule has 1 aromatic heterocycles. The number of nitrogens with zero attached hydrogens (tertiary/aromatic N) is 2. The van der Waals surface area contributed by atoms with Crippen molar-refractivity contribution in [2.75, 3.05) is 14.1 Å². The Bertz CT molecular complexity index is 987. The number of rotatable bonds is 6. The van der Waals surface area contributed by atoms with Gasteiger partial charge in [-0.25, -0.2) is 9.78 Å². The minimum Gasteiger partial charge on any atom is -0.465 e. The van der Waals surface area contributed by atoms with Crippen molar-refractivity contribution in [3.63, 3.8) is 0 Å². The zero-order valence-electron chi connectivity index (χ0n) is 15.4. The molecule has 8 heteroatoms. The van der Waals surface area contributed by atoms with Gasteiger partial charge in [-0.2, -0.15) is 0 Å². The molecule has 28 heavy (non-hydrogen) atoms. The van der Waals surface area contributed by atoms with E-state index in [1.807, 2.05) is 48.5 Å². The predicted molar refractivity (Wildman–Crippen MR) is 111 cm³/mol. The molecule has 2 N–H and O–H groups in total. The highest BCUT2D eigenvalue weighted by Gasteiger charge is 2.13. The van der Waals surface area contributed by atoms with Gasteiger partial charge in [0.25, 0.3) is 5.91 Å². The molecule has 1 heterocycles. The normalized spacial score (nSPS) is 10.5. The second-order valence-corrected chi connectivity index (χ2v) is 8.63. The molecule has 0 saturated heterocycles. The number of carbonyl (C=O) groups excluding carboxylic acids is 1. The Kier molecular flexibility index (Phi) is 6.33. The Morgan fingerprint density at radius 1 is 1.14 bits per heavy atom. The Labute approximate surface area is 171 Å². The fourth-order valence-electron chi connectivity index (χ4n) is 2.53. The van der Waals surface area contributed by atoms with E-state index < -0.39 is 6.09 Å². The fraction of sp³-hybridized carbons (Fsp3) is 0.150. The minimum atomic E-state index is -1.08. The average molecular weight is 414 g/mol. The van der Waals surface area contributed by atoms with Crippen LogP contribution in [0.5, 0.6) is 0 Å². The van der Waals surface area contributed by atoms with Crippen LogP contribution in [0.3, 0.4) is 0 Å². The van der Waals surface area contributed by atoms with Crippen LogP contribution in [-0.4, -0.2) is 41.1 Å². The lowest BCUT2D eigenvalue weighted by atomic mass is 10.0. The maximum absolute atomic E-state index is 12.5. The van der Waals surface area contributed by atoms with E-state index in [1.54, 1.807) is 25.2 Å². The Hall–Kier alpha value is -2.84. The molecule has 0 aliphatic heterocycles. The monoisotopic (exact) mass is 413 g/mol. The Balaban J connectivity index is 1.90. The summed E-state index contributed by atoms with van der Waals surface area (Å²) in [7, 11) is 3.46. The number of hydrogen-bond donors (Lipinski definition) is 2. The van der Waals surface area contributed by atoms with E-state index in [0.717, 1.165) is 20.2 Å². The van der Waals surface area contributed by atoms with Gasteiger partial charge in [0.2, 0.25) is 0 Å². The van der Waals surface area contributed by atoms with Crippen LogP contribution in [0.1, 0.15) is 15.4 Å². The van der Waals surface area contributed by atoms with Crippen molar-refractivity contribution in [1.29, 1.82) is 0 Å². The molecular formula is C20H19N3O3S2. The molecule has 0 spiro atoms. The van der Waals surface area contributed by atoms with Crippen molar-refractivity contribution in [3.05, 3.63) is 65.3 Å². The Morgan fingerprint density at radius 3 is 2.57 bits per heavy atom. The maximum atomic E-state index is 12.5. The van der Waals surface area contributed by atoms with E-state index in [4.69, 9.17) is 5.11 Å². The van der Waals surface area contributed by atoms with Gasteiger partial charge in [0, 0.05) is 24.6 Å². The smallest absolute Gasteiger partial charge is 0.405 e. The van der Waals surface area contributed by atoms with E-state index in [1.165, 1.54) is 23.1 Å². The van der Waals surface area contributed by atoms with E-state index in [9.17, 15) is 9.59 Å². The van der Waals surface area contributed by atoms with Crippen LogP contribution in [0.4, 0.5) is 4.79 Å². The van der Waals surface area contributed by atoms with Crippen molar-refractivity contribution in [2.24, 2.45) is 0 Å². The summed E-state index contributed by atoms with van der Waals surface area (Å²) in [5.41, 5.74) is 2.62. The molecule has 0 fully saturated rings. The van der Waals surface area contributed by atoms with Crippen molar-refractivity contribution < 1.29 is 14.7 Å². The molecule has 0 aliphatic rings. The molecule has 144 valence electrons. The molecule has 0 unspecified atom stereocenters. The third-order valence-corrected chi connectivity index (χ3v) is 5.88. The molecule has 0 atom stereocenters. The molecule has 0 saturated carbocycles. The maximum Gasteiger partial charge on any atom is 0.405 e. The first-order valence-corrected chi connectivity index (χ1v) is 10.1. The number of amides is 2. The van der Waals surface area contributed by atoms with E-state index in [-0.39, 0.29) is 12.5 Å². The van der Waals surface area contributed by atoms with E-state index in [2.05, 4.69) is 10.3 Å². The molecule has 2 aromatic carbocycles. The van der Waals surface area contributed by atoms with Gasteiger partial charge in [-0.1, -0.05) is 42.1 Å². The number of hydrogen-bond acceptors (Lipinski definition) is 5. The molecule has 3 aromatic rings. The lowest BCUT2D eigenvalue weighted by Gasteiger charge is -2.13. The molecular weight excluding hydrogens is 394 g/mol. The number of thiazole rings is 1. The summed E-state index contributed by atoms with van der Waals surface area (Å²) in [6, 6.07) is 15.7. The number of carboxylic acid groups (broad SMARTS) is 1. The number of benzene rings is 2. The third kappa shape index (κ3) is 5.11. The highest BCUT2D eigenvalue weighted by atomic mass is 32.2. The first-order valence-electron chi connectivity index (χ1n) is 8.44. The number of nitrogens with one attached hydrogen (secondary N) is 1. The predicted octanol–water partition coefficient (Wildman–Crippen LogP) is 4.43. The lowest BCUT2D eigenvalue weighted by Crippen LogP contribution is -2.21. The molecule has 0 radical (unpaired) electrons. The van der Waals surface area contributed by atoms with Crippen LogP contribution >= 0.6 is 23.1 Å². The third-order valence-electron chi connectivity index (χ3n) is 3.81. The topological polar surface area (TPSA) is 82.5 Å². The summed E-state index contributed by atoms with van der Waals surface area (Å²) in [5.74, 6) is -0.0599. The molecule has 0 aliphatic carbocycles. The Morgan fingerprint density at radius 2 is 1.89 bits per heavy atom. The van der Waals surface area contributed by atoms with Crippen LogP contribution in [0.25, 0.3) is 11.1 Å². The molecule has 6 nitrogen and oxygen atoms in total. The number of carbonyl (C=O) groups is 2. The van der Waals surface area contributed by atoms with Gasteiger partial charge >= 0.3 is 6.09 Å². The molecule has 2 amide bonds. The summed E-state index contributed by atoms with van der Waals surface area (Å²) in [4.78, 5) is 29.9. The quantitative estimate of drug-likeness (QED) is 0.625. The SMILES string of the molecule is CN(C)C(=O)c1cc(Sc2cnc(CNC(=O)O)s2)cc(-c2ccccc2)c1. The van der Waals surface area contributed by atoms with Crippen LogP contribution < -0.4 is 5.32 Å². The van der Waals surface area contributed by atoms with Gasteiger partial charge < -0.3 is 15.3 Å². The first-order chi connectivity index (χ1) is 13.4. The van der Waals surface area contributed by atoms with E-state index >= 15 is 0 Å². The summed E-state index contributed by atoms with van der Waals surface area (Å²) in [6.07, 6.45) is 0.642. The van der Waals surface area contributed by atoms with Crippen LogP contribution in [0, 0.1) is 0 Å².